The Hall–Kier alpha value is -2.89. The van der Waals surface area contributed by atoms with Gasteiger partial charge in [0.2, 0.25) is 5.91 Å². The summed E-state index contributed by atoms with van der Waals surface area (Å²) in [5, 5.41) is 11.6. The Bertz CT molecular complexity index is 1120. The first-order chi connectivity index (χ1) is 17.3. The molecule has 0 spiro atoms. The van der Waals surface area contributed by atoms with Crippen molar-refractivity contribution >= 4 is 24.6 Å². The summed E-state index contributed by atoms with van der Waals surface area (Å²) in [6, 6.07) is 6.72. The number of aromatic nitrogens is 2. The van der Waals surface area contributed by atoms with Gasteiger partial charge in [-0.2, -0.15) is 0 Å². The first kappa shape index (κ1) is 27.2. The molecule has 3 atom stereocenters. The molecule has 2 saturated heterocycles. The lowest BCUT2D eigenvalue weighted by Crippen LogP contribution is -2.51. The maximum Gasteiger partial charge on any atom is 0.494 e. The van der Waals surface area contributed by atoms with Crippen LogP contribution in [0.1, 0.15) is 59.8 Å². The molecule has 0 aliphatic carbocycles. The van der Waals surface area contributed by atoms with E-state index < -0.39 is 30.5 Å². The van der Waals surface area contributed by atoms with Crippen molar-refractivity contribution in [2.45, 2.75) is 77.4 Å². The second-order valence-corrected chi connectivity index (χ2v) is 11.2. The number of benzene rings is 1. The zero-order chi connectivity index (χ0) is 27.1. The van der Waals surface area contributed by atoms with E-state index in [1.165, 1.54) is 0 Å². The third-order valence-electron chi connectivity index (χ3n) is 7.75. The number of nitrogens with zero attached hydrogens (tertiary/aromatic N) is 2. The molecular formula is C26H37BN4O6. The molecule has 1 aromatic heterocycles. The van der Waals surface area contributed by atoms with E-state index in [0.717, 1.165) is 16.7 Å². The van der Waals surface area contributed by atoms with Crippen LogP contribution in [0.25, 0.3) is 11.3 Å². The Morgan fingerprint density at radius 3 is 2.35 bits per heavy atom. The second-order valence-electron chi connectivity index (χ2n) is 11.2. The predicted octanol–water partition coefficient (Wildman–Crippen LogP) is 2.96. The highest BCUT2D eigenvalue weighted by Gasteiger charge is 2.51. The number of methoxy groups -OCH3 is 1. The molecule has 2 aromatic rings. The summed E-state index contributed by atoms with van der Waals surface area (Å²) >= 11 is 0. The Morgan fingerprint density at radius 1 is 1.19 bits per heavy atom. The second kappa shape index (κ2) is 10.1. The van der Waals surface area contributed by atoms with E-state index >= 15 is 0 Å². The van der Waals surface area contributed by atoms with Gasteiger partial charge in [-0.3, -0.25) is 4.79 Å². The molecule has 0 saturated carbocycles. The lowest BCUT2D eigenvalue weighted by molar-refractivity contribution is -0.135. The van der Waals surface area contributed by atoms with Gasteiger partial charge in [0.15, 0.2) is 0 Å². The number of nitrogens with one attached hydrogen (secondary N) is 2. The van der Waals surface area contributed by atoms with Gasteiger partial charge in [0.05, 0.1) is 35.2 Å². The lowest BCUT2D eigenvalue weighted by Gasteiger charge is -2.32. The Balaban J connectivity index is 1.53. The number of H-pyrrole nitrogens is 1. The van der Waals surface area contributed by atoms with Crippen LogP contribution >= 0.6 is 0 Å². The number of likely N-dealkylation sites (tertiary alicyclic amines) is 1. The first-order valence-corrected chi connectivity index (χ1v) is 12.7. The highest BCUT2D eigenvalue weighted by Crippen LogP contribution is 2.37. The molecule has 0 bridgehead atoms. The standard InChI is InChI=1S/C26H37BN4O6/c1-15(2)21(30-24(33)34)23(32)31-14-18(35-7)12-20(31)22-28-13-19(29-22)16-8-10-17(11-9-16)27-36-25(3,4)26(5,6)37-27/h8-11,13,15,18,20-21,30H,12,14H2,1-7H3,(H,28,29)(H,33,34)/t18-,20-,21-/m0/s1. The van der Waals surface area contributed by atoms with E-state index in [1.807, 2.05) is 65.8 Å². The monoisotopic (exact) mass is 512 g/mol. The summed E-state index contributed by atoms with van der Waals surface area (Å²) in [6.07, 6.45) is 0.917. The van der Waals surface area contributed by atoms with Crippen LogP contribution in [0, 0.1) is 5.92 Å². The average Bonchev–Trinajstić information content (AvgIpc) is 3.53. The van der Waals surface area contributed by atoms with Crippen molar-refractivity contribution in [1.82, 2.24) is 20.2 Å². The minimum atomic E-state index is -1.23. The van der Waals surface area contributed by atoms with E-state index in [2.05, 4.69) is 15.3 Å². The highest BCUT2D eigenvalue weighted by atomic mass is 16.7. The largest absolute Gasteiger partial charge is 0.494 e. The number of hydrogen-bond donors (Lipinski definition) is 3. The number of carbonyl (C=O) groups excluding carboxylic acids is 1. The number of aromatic amines is 1. The molecule has 2 aliphatic heterocycles. The predicted molar refractivity (Wildman–Crippen MR) is 139 cm³/mol. The van der Waals surface area contributed by atoms with Gasteiger partial charge in [0, 0.05) is 20.1 Å². The number of carboxylic acid groups (broad SMARTS) is 1. The number of rotatable bonds is 7. The average molecular weight is 512 g/mol. The van der Waals surface area contributed by atoms with Crippen molar-refractivity contribution in [2.75, 3.05) is 13.7 Å². The number of imidazole rings is 1. The smallest absolute Gasteiger partial charge is 0.465 e. The van der Waals surface area contributed by atoms with Crippen LogP contribution < -0.4 is 10.8 Å². The van der Waals surface area contributed by atoms with E-state index in [1.54, 1.807) is 18.2 Å². The molecule has 2 aliphatic rings. The summed E-state index contributed by atoms with van der Waals surface area (Å²) < 4.78 is 17.8. The summed E-state index contributed by atoms with van der Waals surface area (Å²) in [6.45, 7) is 12.1. The van der Waals surface area contributed by atoms with Crippen molar-refractivity contribution in [3.63, 3.8) is 0 Å². The molecule has 2 fully saturated rings. The molecule has 4 rings (SSSR count). The zero-order valence-electron chi connectivity index (χ0n) is 22.6. The molecule has 0 unspecified atom stereocenters. The van der Waals surface area contributed by atoms with Crippen molar-refractivity contribution in [2.24, 2.45) is 5.92 Å². The third kappa shape index (κ3) is 5.39. The topological polar surface area (TPSA) is 126 Å². The molecule has 3 heterocycles. The summed E-state index contributed by atoms with van der Waals surface area (Å²) in [4.78, 5) is 34.3. The fraction of sp³-hybridized carbons (Fsp3) is 0.577. The number of amides is 2. The van der Waals surface area contributed by atoms with Crippen molar-refractivity contribution in [1.29, 1.82) is 0 Å². The maximum absolute atomic E-state index is 13.4. The van der Waals surface area contributed by atoms with Crippen molar-refractivity contribution in [3.8, 4) is 11.3 Å². The minimum Gasteiger partial charge on any atom is -0.465 e. The summed E-state index contributed by atoms with van der Waals surface area (Å²) in [7, 11) is 1.18. The number of hydrogen-bond acceptors (Lipinski definition) is 6. The molecule has 2 amide bonds. The molecule has 10 nitrogen and oxygen atoms in total. The third-order valence-corrected chi connectivity index (χ3v) is 7.75. The molecule has 1 aromatic carbocycles. The Morgan fingerprint density at radius 2 is 1.81 bits per heavy atom. The van der Waals surface area contributed by atoms with E-state index in [-0.39, 0.29) is 24.0 Å². The number of ether oxygens (including phenoxy) is 1. The highest BCUT2D eigenvalue weighted by molar-refractivity contribution is 6.62. The molecule has 11 heteroatoms. The quantitative estimate of drug-likeness (QED) is 0.487. The van der Waals surface area contributed by atoms with Gasteiger partial charge < -0.3 is 34.4 Å². The fourth-order valence-corrected chi connectivity index (χ4v) is 4.75. The van der Waals surface area contributed by atoms with Crippen LogP contribution in [0.2, 0.25) is 0 Å². The van der Waals surface area contributed by atoms with E-state index in [4.69, 9.17) is 14.0 Å². The van der Waals surface area contributed by atoms with Gasteiger partial charge in [0.1, 0.15) is 11.9 Å². The van der Waals surface area contributed by atoms with Gasteiger partial charge in [-0.1, -0.05) is 38.1 Å². The summed E-state index contributed by atoms with van der Waals surface area (Å²) in [5.74, 6) is 0.142. The van der Waals surface area contributed by atoms with Gasteiger partial charge in [0.25, 0.3) is 0 Å². The number of carbonyl (C=O) groups is 2. The van der Waals surface area contributed by atoms with E-state index in [9.17, 15) is 14.7 Å². The van der Waals surface area contributed by atoms with Crippen LogP contribution in [-0.4, -0.2) is 76.1 Å². The lowest BCUT2D eigenvalue weighted by atomic mass is 9.79. The Kier molecular flexibility index (Phi) is 7.42. The van der Waals surface area contributed by atoms with E-state index in [0.29, 0.717) is 18.8 Å². The van der Waals surface area contributed by atoms with Crippen LogP contribution in [0.5, 0.6) is 0 Å². The molecule has 37 heavy (non-hydrogen) atoms. The summed E-state index contributed by atoms with van der Waals surface area (Å²) in [5.41, 5.74) is 1.86. The van der Waals surface area contributed by atoms with Crippen LogP contribution in [0.4, 0.5) is 4.79 Å². The molecule has 200 valence electrons. The first-order valence-electron chi connectivity index (χ1n) is 12.7. The Labute approximate surface area is 218 Å². The van der Waals surface area contributed by atoms with Crippen molar-refractivity contribution in [3.05, 3.63) is 36.3 Å². The fourth-order valence-electron chi connectivity index (χ4n) is 4.75. The minimum absolute atomic E-state index is 0.167. The van der Waals surface area contributed by atoms with Gasteiger partial charge in [-0.25, -0.2) is 9.78 Å². The van der Waals surface area contributed by atoms with Crippen LogP contribution in [0.15, 0.2) is 30.5 Å². The normalized spacial score (nSPS) is 23.5. The van der Waals surface area contributed by atoms with Crippen LogP contribution in [0.3, 0.4) is 0 Å². The van der Waals surface area contributed by atoms with Gasteiger partial charge >= 0.3 is 13.2 Å². The van der Waals surface area contributed by atoms with Gasteiger partial charge in [-0.05, 0) is 44.6 Å². The van der Waals surface area contributed by atoms with Crippen molar-refractivity contribution < 1.29 is 28.7 Å². The SMILES string of the molecule is CO[C@H]1C[C@@H](c2ncc(-c3ccc(B4OC(C)(C)C(C)(C)O4)cc3)[nH]2)N(C(=O)[C@@H](NC(=O)O)C(C)C)C1. The molecular weight excluding hydrogens is 475 g/mol. The zero-order valence-corrected chi connectivity index (χ0v) is 22.6. The van der Waals surface area contributed by atoms with Crippen LogP contribution in [-0.2, 0) is 18.8 Å². The van der Waals surface area contributed by atoms with Gasteiger partial charge in [-0.15, -0.1) is 0 Å². The maximum atomic E-state index is 13.4. The molecule has 0 radical (unpaired) electrons. The molecule has 3 N–H and O–H groups in total.